The zero-order valence-corrected chi connectivity index (χ0v) is 20.5. The van der Waals surface area contributed by atoms with Crippen molar-refractivity contribution in [3.63, 3.8) is 0 Å². The number of methoxy groups -OCH3 is 1. The molecule has 9 heteroatoms. The lowest BCUT2D eigenvalue weighted by molar-refractivity contribution is -0.134. The number of benzene rings is 2. The van der Waals surface area contributed by atoms with Crippen molar-refractivity contribution in [2.75, 3.05) is 56.7 Å². The van der Waals surface area contributed by atoms with Gasteiger partial charge >= 0.3 is 5.97 Å². The summed E-state index contributed by atoms with van der Waals surface area (Å²) >= 11 is 0. The van der Waals surface area contributed by atoms with Gasteiger partial charge in [0.25, 0.3) is 5.91 Å². The Morgan fingerprint density at radius 1 is 0.944 bits per heavy atom. The number of hydrogen-bond acceptors (Lipinski definition) is 8. The van der Waals surface area contributed by atoms with Crippen molar-refractivity contribution in [2.45, 2.75) is 6.92 Å². The average molecular weight is 491 g/mol. The second kappa shape index (κ2) is 11.9. The van der Waals surface area contributed by atoms with Gasteiger partial charge in [0.15, 0.2) is 6.61 Å². The van der Waals surface area contributed by atoms with Gasteiger partial charge in [0, 0.05) is 43.8 Å². The number of aromatic nitrogens is 1. The first-order valence-corrected chi connectivity index (χ1v) is 11.9. The fourth-order valence-electron chi connectivity index (χ4n) is 3.91. The summed E-state index contributed by atoms with van der Waals surface area (Å²) in [5.74, 6) is 1.09. The minimum atomic E-state index is -0.609. The molecule has 0 radical (unpaired) electrons. The van der Waals surface area contributed by atoms with E-state index in [1.54, 1.807) is 30.3 Å². The Kier molecular flexibility index (Phi) is 8.23. The summed E-state index contributed by atoms with van der Waals surface area (Å²) in [5.41, 5.74) is 2.08. The quantitative estimate of drug-likeness (QED) is 0.454. The van der Waals surface area contributed by atoms with Gasteiger partial charge in [0.05, 0.1) is 13.7 Å². The number of rotatable bonds is 9. The summed E-state index contributed by atoms with van der Waals surface area (Å²) in [6, 6.07) is 18.5. The third kappa shape index (κ3) is 6.24. The van der Waals surface area contributed by atoms with Gasteiger partial charge < -0.3 is 29.3 Å². The lowest BCUT2D eigenvalue weighted by atomic mass is 10.2. The highest BCUT2D eigenvalue weighted by molar-refractivity contribution is 5.96. The maximum atomic E-state index is 12.8. The Balaban J connectivity index is 1.29. The second-order valence-electron chi connectivity index (χ2n) is 8.12. The lowest BCUT2D eigenvalue weighted by Crippen LogP contribution is -2.49. The van der Waals surface area contributed by atoms with Gasteiger partial charge in [-0.15, -0.1) is 0 Å². The number of nitrogens with zero attached hydrogens (tertiary/aromatic N) is 3. The molecule has 4 rings (SSSR count). The molecule has 2 heterocycles. The lowest BCUT2D eigenvalue weighted by Gasteiger charge is -2.36. The largest absolute Gasteiger partial charge is 0.497 e. The molecule has 36 heavy (non-hydrogen) atoms. The molecule has 0 atom stereocenters. The van der Waals surface area contributed by atoms with E-state index in [0.717, 1.165) is 22.9 Å². The van der Waals surface area contributed by atoms with Gasteiger partial charge in [0.1, 0.15) is 22.9 Å². The van der Waals surface area contributed by atoms with E-state index in [4.69, 9.17) is 14.2 Å². The molecule has 1 amide bonds. The second-order valence-corrected chi connectivity index (χ2v) is 8.12. The number of nitrogens with one attached hydrogen (secondary N) is 1. The topological polar surface area (TPSA) is 93.2 Å². The van der Waals surface area contributed by atoms with Crippen molar-refractivity contribution >= 4 is 29.1 Å². The fraction of sp³-hybridized carbons (Fsp3) is 0.296. The molecule has 0 unspecified atom stereocenters. The molecule has 0 spiro atoms. The van der Waals surface area contributed by atoms with Crippen molar-refractivity contribution in [2.24, 2.45) is 0 Å². The van der Waals surface area contributed by atoms with Crippen molar-refractivity contribution in [1.82, 2.24) is 9.88 Å². The molecule has 1 aliphatic rings. The van der Waals surface area contributed by atoms with Crippen molar-refractivity contribution in [1.29, 1.82) is 0 Å². The van der Waals surface area contributed by atoms with Crippen LogP contribution in [-0.2, 0) is 9.53 Å². The molecule has 2 aromatic carbocycles. The van der Waals surface area contributed by atoms with Crippen molar-refractivity contribution in [3.8, 4) is 11.5 Å². The molecule has 1 N–H and O–H groups in total. The maximum Gasteiger partial charge on any atom is 0.342 e. The van der Waals surface area contributed by atoms with Crippen LogP contribution in [0.1, 0.15) is 17.3 Å². The Labute approximate surface area is 210 Å². The predicted octanol–water partition coefficient (Wildman–Crippen LogP) is 3.74. The molecule has 0 aliphatic carbocycles. The van der Waals surface area contributed by atoms with Crippen LogP contribution in [0.2, 0.25) is 0 Å². The van der Waals surface area contributed by atoms with E-state index >= 15 is 0 Å². The number of amides is 1. The van der Waals surface area contributed by atoms with E-state index in [2.05, 4.69) is 15.2 Å². The Bertz CT molecular complexity index is 1160. The molecule has 1 aliphatic heterocycles. The predicted molar refractivity (Wildman–Crippen MR) is 137 cm³/mol. The van der Waals surface area contributed by atoms with Gasteiger partial charge in [-0.2, -0.15) is 0 Å². The number of hydrogen-bond donors (Lipinski definition) is 1. The minimum Gasteiger partial charge on any atom is -0.497 e. The number of anilines is 3. The first-order valence-electron chi connectivity index (χ1n) is 11.9. The van der Waals surface area contributed by atoms with Crippen molar-refractivity contribution in [3.05, 3.63) is 72.4 Å². The van der Waals surface area contributed by atoms with Crippen LogP contribution >= 0.6 is 0 Å². The molecule has 0 saturated carbocycles. The summed E-state index contributed by atoms with van der Waals surface area (Å²) in [7, 11) is 1.64. The number of carbonyl (C=O) groups is 2. The smallest absolute Gasteiger partial charge is 0.342 e. The molecule has 1 saturated heterocycles. The molecular formula is C27H30N4O5. The van der Waals surface area contributed by atoms with Crippen LogP contribution in [0.5, 0.6) is 11.5 Å². The van der Waals surface area contributed by atoms with Gasteiger partial charge in [-0.1, -0.05) is 0 Å². The minimum absolute atomic E-state index is 0.220. The number of pyridine rings is 1. The van der Waals surface area contributed by atoms with Crippen LogP contribution in [0.15, 0.2) is 66.9 Å². The summed E-state index contributed by atoms with van der Waals surface area (Å²) in [5, 5.41) is 3.13. The molecular weight excluding hydrogens is 460 g/mol. The normalized spacial score (nSPS) is 13.2. The molecule has 3 aromatic rings. The SMILES string of the molecule is CCOc1ccc(Nc2ncccc2C(=O)OCC(=O)N2CCN(c3ccc(OC)cc3)CC2)cc1. The molecule has 9 nitrogen and oxygen atoms in total. The van der Waals surface area contributed by atoms with Gasteiger partial charge in [-0.05, 0) is 67.6 Å². The summed E-state index contributed by atoms with van der Waals surface area (Å²) < 4.78 is 16.0. The van der Waals surface area contributed by atoms with Crippen LogP contribution in [0.3, 0.4) is 0 Å². The molecule has 0 bridgehead atoms. The standard InChI is InChI=1S/C27H30N4O5/c1-3-35-23-10-6-20(7-11-23)29-26-24(5-4-14-28-26)27(33)36-19-25(32)31-17-15-30(16-18-31)21-8-12-22(34-2)13-9-21/h4-14H,3,15-19H2,1-2H3,(H,28,29). The van der Waals surface area contributed by atoms with Gasteiger partial charge in [-0.25, -0.2) is 9.78 Å². The Morgan fingerprint density at radius 2 is 1.64 bits per heavy atom. The zero-order valence-electron chi connectivity index (χ0n) is 20.5. The van der Waals surface area contributed by atoms with Crippen LogP contribution < -0.4 is 19.7 Å². The zero-order chi connectivity index (χ0) is 25.3. The van der Waals surface area contributed by atoms with E-state index < -0.39 is 5.97 Å². The fourth-order valence-corrected chi connectivity index (χ4v) is 3.91. The highest BCUT2D eigenvalue weighted by Gasteiger charge is 2.23. The van der Waals surface area contributed by atoms with E-state index in [-0.39, 0.29) is 18.1 Å². The van der Waals surface area contributed by atoms with Crippen LogP contribution in [-0.4, -0.2) is 68.3 Å². The number of carbonyl (C=O) groups excluding carboxylic acids is 2. The van der Waals surface area contributed by atoms with E-state index in [0.29, 0.717) is 38.6 Å². The number of esters is 1. The summed E-state index contributed by atoms with van der Waals surface area (Å²) in [6.45, 7) is 4.69. The van der Waals surface area contributed by atoms with Gasteiger partial charge in [0.2, 0.25) is 0 Å². The Morgan fingerprint density at radius 3 is 2.31 bits per heavy atom. The summed E-state index contributed by atoms with van der Waals surface area (Å²) in [6.07, 6.45) is 1.58. The van der Waals surface area contributed by atoms with E-state index in [1.807, 2.05) is 55.5 Å². The average Bonchev–Trinajstić information content (AvgIpc) is 2.93. The van der Waals surface area contributed by atoms with E-state index in [1.165, 1.54) is 0 Å². The van der Waals surface area contributed by atoms with Crippen LogP contribution in [0.25, 0.3) is 0 Å². The highest BCUT2D eigenvalue weighted by Crippen LogP contribution is 2.23. The first-order chi connectivity index (χ1) is 17.6. The van der Waals surface area contributed by atoms with Crippen LogP contribution in [0, 0.1) is 0 Å². The van der Waals surface area contributed by atoms with Crippen LogP contribution in [0.4, 0.5) is 17.2 Å². The van der Waals surface area contributed by atoms with E-state index in [9.17, 15) is 9.59 Å². The maximum absolute atomic E-state index is 12.8. The third-order valence-corrected chi connectivity index (χ3v) is 5.85. The summed E-state index contributed by atoms with van der Waals surface area (Å²) in [4.78, 5) is 33.6. The Hall–Kier alpha value is -4.27. The number of ether oxygens (including phenoxy) is 3. The third-order valence-electron chi connectivity index (χ3n) is 5.85. The highest BCUT2D eigenvalue weighted by atomic mass is 16.5. The van der Waals surface area contributed by atoms with Gasteiger partial charge in [-0.3, -0.25) is 4.79 Å². The molecule has 1 fully saturated rings. The molecule has 1 aromatic heterocycles. The van der Waals surface area contributed by atoms with Crippen molar-refractivity contribution < 1.29 is 23.8 Å². The monoisotopic (exact) mass is 490 g/mol. The first kappa shape index (κ1) is 24.8. The molecule has 188 valence electrons. The number of piperazine rings is 1.